The second-order valence-electron chi connectivity index (χ2n) is 9.89. The minimum absolute atomic E-state index is 0.0646. The van der Waals surface area contributed by atoms with E-state index in [1.165, 1.54) is 20.3 Å². The van der Waals surface area contributed by atoms with Gasteiger partial charge in [0.2, 0.25) is 0 Å². The third-order valence-corrected chi connectivity index (χ3v) is 7.72. The van der Waals surface area contributed by atoms with Crippen molar-refractivity contribution >= 4 is 57.1 Å². The lowest BCUT2D eigenvalue weighted by atomic mass is 10.0. The van der Waals surface area contributed by atoms with E-state index in [1.54, 1.807) is 23.1 Å². The fourth-order valence-electron chi connectivity index (χ4n) is 4.78. The van der Waals surface area contributed by atoms with Crippen LogP contribution in [0.5, 0.6) is 11.5 Å². The lowest BCUT2D eigenvalue weighted by Gasteiger charge is -2.17. The normalized spacial score (nSPS) is 10.9. The van der Waals surface area contributed by atoms with Crippen LogP contribution in [0.15, 0.2) is 67.6 Å². The summed E-state index contributed by atoms with van der Waals surface area (Å²) in [6.45, 7) is 6.06. The van der Waals surface area contributed by atoms with Gasteiger partial charge in [0.15, 0.2) is 5.78 Å². The molecule has 11 heteroatoms. The Hall–Kier alpha value is -4.60. The van der Waals surface area contributed by atoms with E-state index in [0.29, 0.717) is 51.0 Å². The number of pyridine rings is 2. The third kappa shape index (κ3) is 6.28. The standard InChI is InChI=1S/C32H30Cl2N6O3/c1-6-22(41)10-20-9-7-8-18(2)31(20)39-27-12-23-21(16-35-27)11-24(38-32(23)36-14-19-15-37-40(3)17-19)28-29(33)25(42-4)13-26(43-5)30(28)34/h6-9,11-13,15-17H,1,10,14H2,2-5H3,(H,35,39)(H,36,38). The number of carbonyl (C=O) groups excluding carboxylic acids is 1. The summed E-state index contributed by atoms with van der Waals surface area (Å²) in [5, 5.41) is 13.4. The zero-order chi connectivity index (χ0) is 30.7. The summed E-state index contributed by atoms with van der Waals surface area (Å²) < 4.78 is 12.7. The third-order valence-electron chi connectivity index (χ3n) is 6.97. The number of allylic oxidation sites excluding steroid dienone is 1. The number of methoxy groups -OCH3 is 2. The number of rotatable bonds is 11. The van der Waals surface area contributed by atoms with Gasteiger partial charge < -0.3 is 20.1 Å². The van der Waals surface area contributed by atoms with Gasteiger partial charge in [0, 0.05) is 66.1 Å². The molecule has 0 amide bonds. The van der Waals surface area contributed by atoms with Gasteiger partial charge >= 0.3 is 0 Å². The Morgan fingerprint density at radius 2 is 1.84 bits per heavy atom. The van der Waals surface area contributed by atoms with Gasteiger partial charge in [-0.1, -0.05) is 48.0 Å². The smallest absolute Gasteiger partial charge is 0.159 e. The summed E-state index contributed by atoms with van der Waals surface area (Å²) in [4.78, 5) is 21.8. The predicted molar refractivity (Wildman–Crippen MR) is 172 cm³/mol. The highest BCUT2D eigenvalue weighted by Gasteiger charge is 2.21. The van der Waals surface area contributed by atoms with Gasteiger partial charge in [-0.2, -0.15) is 5.10 Å². The molecule has 43 heavy (non-hydrogen) atoms. The first-order valence-corrected chi connectivity index (χ1v) is 14.1. The van der Waals surface area contributed by atoms with Crippen molar-refractivity contribution in [3.8, 4) is 22.8 Å². The van der Waals surface area contributed by atoms with E-state index in [9.17, 15) is 4.79 Å². The van der Waals surface area contributed by atoms with Gasteiger partial charge in [-0.3, -0.25) is 9.48 Å². The molecule has 5 aromatic rings. The van der Waals surface area contributed by atoms with E-state index in [2.05, 4.69) is 22.3 Å². The Kier molecular flexibility index (Phi) is 8.84. The molecule has 0 aliphatic heterocycles. The maximum Gasteiger partial charge on any atom is 0.159 e. The van der Waals surface area contributed by atoms with Gasteiger partial charge in [0.25, 0.3) is 0 Å². The van der Waals surface area contributed by atoms with Crippen molar-refractivity contribution in [3.05, 3.63) is 94.4 Å². The number of halogens is 2. The molecule has 2 N–H and O–H groups in total. The molecule has 0 saturated carbocycles. The van der Waals surface area contributed by atoms with Crippen molar-refractivity contribution in [3.63, 3.8) is 0 Å². The van der Waals surface area contributed by atoms with Gasteiger partial charge in [-0.05, 0) is 36.3 Å². The summed E-state index contributed by atoms with van der Waals surface area (Å²) in [7, 11) is 4.92. The van der Waals surface area contributed by atoms with Crippen molar-refractivity contribution in [2.75, 3.05) is 24.9 Å². The molecule has 0 radical (unpaired) electrons. The maximum atomic E-state index is 12.2. The lowest BCUT2D eigenvalue weighted by molar-refractivity contribution is -0.114. The van der Waals surface area contributed by atoms with E-state index in [0.717, 1.165) is 33.2 Å². The molecule has 3 heterocycles. The molecule has 0 saturated heterocycles. The fraction of sp³-hybridized carbons (Fsp3) is 0.188. The predicted octanol–water partition coefficient (Wildman–Crippen LogP) is 7.32. The first-order valence-electron chi connectivity index (χ1n) is 13.4. The molecule has 220 valence electrons. The molecular formula is C32H30Cl2N6O3. The van der Waals surface area contributed by atoms with Crippen LogP contribution >= 0.6 is 23.2 Å². The topological polar surface area (TPSA) is 103 Å². The number of aromatic nitrogens is 4. The molecule has 3 aromatic heterocycles. The van der Waals surface area contributed by atoms with Crippen LogP contribution in [0.4, 0.5) is 17.3 Å². The fourth-order valence-corrected chi connectivity index (χ4v) is 5.47. The Morgan fingerprint density at radius 1 is 1.09 bits per heavy atom. The number of aryl methyl sites for hydroxylation is 2. The number of ether oxygens (including phenoxy) is 2. The average molecular weight is 618 g/mol. The average Bonchev–Trinajstić information content (AvgIpc) is 3.42. The zero-order valence-corrected chi connectivity index (χ0v) is 25.7. The molecule has 0 aliphatic carbocycles. The Morgan fingerprint density at radius 3 is 2.49 bits per heavy atom. The van der Waals surface area contributed by atoms with E-state index in [-0.39, 0.29) is 12.2 Å². The van der Waals surface area contributed by atoms with Crippen molar-refractivity contribution in [2.45, 2.75) is 19.9 Å². The Labute approximate surface area is 259 Å². The van der Waals surface area contributed by atoms with Crippen LogP contribution in [0.3, 0.4) is 0 Å². The quantitative estimate of drug-likeness (QED) is 0.149. The molecular weight excluding hydrogens is 587 g/mol. The molecule has 9 nitrogen and oxygen atoms in total. The number of para-hydroxylation sites is 1. The SMILES string of the molecule is C=CC(=O)Cc1cccc(C)c1Nc1cc2c(NCc3cnn(C)c3)nc(-c3c(Cl)c(OC)cc(OC)c3Cl)cc2cn1. The van der Waals surface area contributed by atoms with Crippen molar-refractivity contribution < 1.29 is 14.3 Å². The van der Waals surface area contributed by atoms with Crippen LogP contribution in [0, 0.1) is 6.92 Å². The molecule has 0 spiro atoms. The van der Waals surface area contributed by atoms with Crippen LogP contribution in [0.2, 0.25) is 10.0 Å². The largest absolute Gasteiger partial charge is 0.495 e. The monoisotopic (exact) mass is 616 g/mol. The highest BCUT2D eigenvalue weighted by Crippen LogP contribution is 2.46. The number of benzene rings is 2. The second kappa shape index (κ2) is 12.7. The van der Waals surface area contributed by atoms with E-state index < -0.39 is 0 Å². The van der Waals surface area contributed by atoms with Gasteiger partial charge in [-0.15, -0.1) is 0 Å². The van der Waals surface area contributed by atoms with Crippen molar-refractivity contribution in [2.24, 2.45) is 7.05 Å². The number of fused-ring (bicyclic) bond motifs is 1. The molecule has 0 fully saturated rings. The van der Waals surface area contributed by atoms with Gasteiger partial charge in [-0.25, -0.2) is 9.97 Å². The van der Waals surface area contributed by atoms with E-state index >= 15 is 0 Å². The summed E-state index contributed by atoms with van der Waals surface area (Å²) >= 11 is 13.5. The highest BCUT2D eigenvalue weighted by molar-refractivity contribution is 6.41. The summed E-state index contributed by atoms with van der Waals surface area (Å²) in [6, 6.07) is 11.3. The zero-order valence-electron chi connectivity index (χ0n) is 24.2. The summed E-state index contributed by atoms with van der Waals surface area (Å²) in [6.07, 6.45) is 7.04. The van der Waals surface area contributed by atoms with Crippen LogP contribution in [0.1, 0.15) is 16.7 Å². The maximum absolute atomic E-state index is 12.2. The number of nitrogens with zero attached hydrogens (tertiary/aromatic N) is 4. The van der Waals surface area contributed by atoms with Crippen LogP contribution in [-0.2, 0) is 24.8 Å². The molecule has 0 unspecified atom stereocenters. The first kappa shape index (κ1) is 29.9. The summed E-state index contributed by atoms with van der Waals surface area (Å²) in [5.41, 5.74) is 4.62. The number of nitrogens with one attached hydrogen (secondary N) is 2. The number of hydrogen-bond donors (Lipinski definition) is 2. The number of carbonyl (C=O) groups is 1. The Bertz CT molecular complexity index is 1830. The van der Waals surface area contributed by atoms with Crippen LogP contribution in [0.25, 0.3) is 22.0 Å². The van der Waals surface area contributed by atoms with Crippen LogP contribution in [-0.4, -0.2) is 39.8 Å². The van der Waals surface area contributed by atoms with E-state index in [4.69, 9.17) is 42.6 Å². The van der Waals surface area contributed by atoms with Gasteiger partial charge in [0.1, 0.15) is 23.1 Å². The van der Waals surface area contributed by atoms with Crippen molar-refractivity contribution in [1.82, 2.24) is 19.7 Å². The highest BCUT2D eigenvalue weighted by atomic mass is 35.5. The lowest BCUT2D eigenvalue weighted by Crippen LogP contribution is -2.06. The second-order valence-corrected chi connectivity index (χ2v) is 10.6. The van der Waals surface area contributed by atoms with Crippen LogP contribution < -0.4 is 20.1 Å². The molecule has 2 aromatic carbocycles. The molecule has 0 aliphatic rings. The molecule has 0 atom stereocenters. The number of anilines is 3. The first-order chi connectivity index (χ1) is 20.7. The van der Waals surface area contributed by atoms with Crippen molar-refractivity contribution in [1.29, 1.82) is 0 Å². The minimum atomic E-state index is -0.0646. The molecule has 5 rings (SSSR count). The van der Waals surface area contributed by atoms with Gasteiger partial charge in [0.05, 0.1) is 36.2 Å². The number of hydrogen-bond acceptors (Lipinski definition) is 8. The molecule has 0 bridgehead atoms. The number of ketones is 1. The summed E-state index contributed by atoms with van der Waals surface area (Å²) in [5.74, 6) is 1.93. The van der Waals surface area contributed by atoms with E-state index in [1.807, 2.05) is 50.5 Å². The Balaban J connectivity index is 1.63. The minimum Gasteiger partial charge on any atom is -0.495 e.